The fourth-order valence-electron chi connectivity index (χ4n) is 2.71. The number of amides is 1. The Hall–Kier alpha value is -1.23. The molecular formula is C15H24N2O2S. The van der Waals surface area contributed by atoms with E-state index in [1.54, 1.807) is 11.3 Å². The lowest BCUT2D eigenvalue weighted by molar-refractivity contribution is 0.143. The lowest BCUT2D eigenvalue weighted by Gasteiger charge is -2.40. The summed E-state index contributed by atoms with van der Waals surface area (Å²) < 4.78 is 5.00. The van der Waals surface area contributed by atoms with Gasteiger partial charge >= 0.3 is 6.09 Å². The summed E-state index contributed by atoms with van der Waals surface area (Å²) in [5.74, 6) is 1.21. The summed E-state index contributed by atoms with van der Waals surface area (Å²) >= 11 is 1.71. The highest BCUT2D eigenvalue weighted by Crippen LogP contribution is 2.29. The molecule has 1 N–H and O–H groups in total. The molecule has 5 heteroatoms. The first-order chi connectivity index (χ1) is 9.60. The van der Waals surface area contributed by atoms with E-state index in [1.807, 2.05) is 6.92 Å². The van der Waals surface area contributed by atoms with Gasteiger partial charge in [0.2, 0.25) is 0 Å². The van der Waals surface area contributed by atoms with E-state index in [-0.39, 0.29) is 12.1 Å². The molecule has 1 fully saturated rings. The average Bonchev–Trinajstić information content (AvgIpc) is 2.92. The molecule has 2 heterocycles. The normalized spacial score (nSPS) is 22.9. The Balaban J connectivity index is 2.03. The van der Waals surface area contributed by atoms with Gasteiger partial charge in [-0.25, -0.2) is 4.79 Å². The first kappa shape index (κ1) is 15.2. The highest BCUT2D eigenvalue weighted by molar-refractivity contribution is 7.08. The van der Waals surface area contributed by atoms with Crippen molar-refractivity contribution in [3.05, 3.63) is 16.8 Å². The van der Waals surface area contributed by atoms with Crippen molar-refractivity contribution < 1.29 is 9.53 Å². The number of carbonyl (C=O) groups excluding carboxylic acids is 1. The summed E-state index contributed by atoms with van der Waals surface area (Å²) in [6.07, 6.45) is 0.726. The van der Waals surface area contributed by atoms with E-state index in [1.165, 1.54) is 5.69 Å². The molecule has 20 heavy (non-hydrogen) atoms. The van der Waals surface area contributed by atoms with E-state index < -0.39 is 0 Å². The molecule has 0 aliphatic carbocycles. The van der Waals surface area contributed by atoms with E-state index in [9.17, 15) is 4.79 Å². The highest BCUT2D eigenvalue weighted by atomic mass is 32.1. The fourth-order valence-corrected chi connectivity index (χ4v) is 3.38. The molecule has 1 saturated heterocycles. The summed E-state index contributed by atoms with van der Waals surface area (Å²) in [7, 11) is 0. The van der Waals surface area contributed by atoms with Crippen LogP contribution < -0.4 is 10.2 Å². The van der Waals surface area contributed by atoms with Crippen LogP contribution in [0.1, 0.15) is 27.2 Å². The molecule has 112 valence electrons. The van der Waals surface area contributed by atoms with Crippen molar-refractivity contribution in [3.8, 4) is 0 Å². The summed E-state index contributed by atoms with van der Waals surface area (Å²) in [6, 6.07) is 2.31. The standard InChI is InChI=1S/C15H24N2O2S/c1-4-19-15(18)16-13-7-12(11(2)3)8-17(9-13)14-5-6-20-10-14/h5-6,10-13H,4,7-9H2,1-3H3,(H,16,18). The Morgan fingerprint density at radius 2 is 2.35 bits per heavy atom. The number of nitrogens with one attached hydrogen (secondary N) is 1. The predicted molar refractivity (Wildman–Crippen MR) is 83.4 cm³/mol. The second-order valence-corrected chi connectivity index (χ2v) is 6.47. The number of nitrogens with zero attached hydrogens (tertiary/aromatic N) is 1. The number of hydrogen-bond donors (Lipinski definition) is 1. The molecule has 4 nitrogen and oxygen atoms in total. The average molecular weight is 296 g/mol. The molecule has 2 unspecified atom stereocenters. The van der Waals surface area contributed by atoms with Gasteiger partial charge in [0.15, 0.2) is 0 Å². The molecule has 0 radical (unpaired) electrons. The van der Waals surface area contributed by atoms with Crippen LogP contribution in [0.4, 0.5) is 10.5 Å². The quantitative estimate of drug-likeness (QED) is 0.926. The smallest absolute Gasteiger partial charge is 0.407 e. The zero-order chi connectivity index (χ0) is 14.5. The van der Waals surface area contributed by atoms with Crippen molar-refractivity contribution in [2.75, 3.05) is 24.6 Å². The van der Waals surface area contributed by atoms with Gasteiger partial charge in [-0.1, -0.05) is 13.8 Å². The van der Waals surface area contributed by atoms with Crippen molar-refractivity contribution in [1.82, 2.24) is 5.32 Å². The van der Waals surface area contributed by atoms with Crippen LogP contribution in [-0.4, -0.2) is 31.8 Å². The Morgan fingerprint density at radius 1 is 1.55 bits per heavy atom. The molecule has 0 saturated carbocycles. The van der Waals surface area contributed by atoms with Gasteiger partial charge in [0.05, 0.1) is 12.6 Å². The maximum atomic E-state index is 11.6. The van der Waals surface area contributed by atoms with Gasteiger partial charge in [-0.15, -0.1) is 0 Å². The minimum atomic E-state index is -0.299. The largest absolute Gasteiger partial charge is 0.450 e. The molecular weight excluding hydrogens is 272 g/mol. The first-order valence-corrected chi connectivity index (χ1v) is 8.24. The highest BCUT2D eigenvalue weighted by Gasteiger charge is 2.30. The Kier molecular flexibility index (Phi) is 5.29. The molecule has 0 bridgehead atoms. The maximum Gasteiger partial charge on any atom is 0.407 e. The lowest BCUT2D eigenvalue weighted by atomic mass is 9.85. The third kappa shape index (κ3) is 3.88. The molecule has 1 aromatic rings. The number of rotatable bonds is 4. The molecule has 2 atom stereocenters. The number of anilines is 1. The Labute approximate surface area is 125 Å². The van der Waals surface area contributed by atoms with Crippen LogP contribution >= 0.6 is 11.3 Å². The number of hydrogen-bond acceptors (Lipinski definition) is 4. The lowest BCUT2D eigenvalue weighted by Crippen LogP contribution is -2.52. The van der Waals surface area contributed by atoms with E-state index in [2.05, 4.69) is 40.9 Å². The summed E-state index contributed by atoms with van der Waals surface area (Å²) in [6.45, 7) is 8.68. The molecule has 1 aliphatic rings. The second kappa shape index (κ2) is 6.97. The monoisotopic (exact) mass is 296 g/mol. The summed E-state index contributed by atoms with van der Waals surface area (Å²) in [5, 5.41) is 7.27. The van der Waals surface area contributed by atoms with Crippen LogP contribution in [0.5, 0.6) is 0 Å². The van der Waals surface area contributed by atoms with Crippen molar-refractivity contribution in [2.45, 2.75) is 33.2 Å². The molecule has 1 amide bonds. The van der Waals surface area contributed by atoms with E-state index in [0.29, 0.717) is 18.4 Å². The molecule has 2 rings (SSSR count). The summed E-state index contributed by atoms with van der Waals surface area (Å²) in [4.78, 5) is 14.0. The van der Waals surface area contributed by atoms with E-state index >= 15 is 0 Å². The fraction of sp³-hybridized carbons (Fsp3) is 0.667. The molecule has 0 aromatic carbocycles. The van der Waals surface area contributed by atoms with E-state index in [0.717, 1.165) is 19.5 Å². The minimum Gasteiger partial charge on any atom is -0.450 e. The molecule has 0 spiro atoms. The van der Waals surface area contributed by atoms with Gasteiger partial charge in [-0.3, -0.25) is 0 Å². The van der Waals surface area contributed by atoms with Gasteiger partial charge in [0.1, 0.15) is 0 Å². The van der Waals surface area contributed by atoms with Crippen molar-refractivity contribution >= 4 is 23.1 Å². The van der Waals surface area contributed by atoms with Gasteiger partial charge < -0.3 is 15.0 Å². The maximum absolute atomic E-state index is 11.6. The zero-order valence-electron chi connectivity index (χ0n) is 12.5. The number of alkyl carbamates (subject to hydrolysis) is 1. The van der Waals surface area contributed by atoms with Crippen molar-refractivity contribution in [1.29, 1.82) is 0 Å². The third-order valence-electron chi connectivity index (χ3n) is 3.89. The number of ether oxygens (including phenoxy) is 1. The first-order valence-electron chi connectivity index (χ1n) is 7.30. The number of thiophene rings is 1. The van der Waals surface area contributed by atoms with Gasteiger partial charge in [0, 0.05) is 24.2 Å². The number of carbonyl (C=O) groups is 1. The Bertz CT molecular complexity index is 420. The van der Waals surface area contributed by atoms with Gasteiger partial charge in [-0.2, -0.15) is 11.3 Å². The van der Waals surface area contributed by atoms with Crippen LogP contribution in [0.2, 0.25) is 0 Å². The van der Waals surface area contributed by atoms with Gasteiger partial charge in [0.25, 0.3) is 0 Å². The van der Waals surface area contributed by atoms with Crippen molar-refractivity contribution in [3.63, 3.8) is 0 Å². The predicted octanol–water partition coefficient (Wildman–Crippen LogP) is 3.35. The topological polar surface area (TPSA) is 41.6 Å². The summed E-state index contributed by atoms with van der Waals surface area (Å²) in [5.41, 5.74) is 1.26. The van der Waals surface area contributed by atoms with Crippen LogP contribution in [0.3, 0.4) is 0 Å². The van der Waals surface area contributed by atoms with Gasteiger partial charge in [-0.05, 0) is 36.6 Å². The minimum absolute atomic E-state index is 0.162. The van der Waals surface area contributed by atoms with E-state index in [4.69, 9.17) is 4.74 Å². The second-order valence-electron chi connectivity index (χ2n) is 5.69. The van der Waals surface area contributed by atoms with Crippen LogP contribution in [0.15, 0.2) is 16.8 Å². The SMILES string of the molecule is CCOC(=O)NC1CC(C(C)C)CN(c2ccsc2)C1. The Morgan fingerprint density at radius 3 is 2.95 bits per heavy atom. The zero-order valence-corrected chi connectivity index (χ0v) is 13.3. The third-order valence-corrected chi connectivity index (χ3v) is 4.57. The van der Waals surface area contributed by atoms with Crippen LogP contribution in [0.25, 0.3) is 0 Å². The van der Waals surface area contributed by atoms with Crippen molar-refractivity contribution in [2.24, 2.45) is 11.8 Å². The molecule has 1 aromatic heterocycles. The number of piperidine rings is 1. The van der Waals surface area contributed by atoms with Crippen LogP contribution in [-0.2, 0) is 4.74 Å². The molecule has 1 aliphatic heterocycles. The van der Waals surface area contributed by atoms with Crippen LogP contribution in [0, 0.1) is 11.8 Å².